The van der Waals surface area contributed by atoms with E-state index in [1.54, 1.807) is 6.92 Å². The molecule has 3 atom stereocenters. The van der Waals surface area contributed by atoms with Gasteiger partial charge >= 0.3 is 5.97 Å². The van der Waals surface area contributed by atoms with Crippen LogP contribution in [0.5, 0.6) is 5.75 Å². The lowest BCUT2D eigenvalue weighted by atomic mass is 9.81. The van der Waals surface area contributed by atoms with Gasteiger partial charge in [-0.1, -0.05) is 31.9 Å². The summed E-state index contributed by atoms with van der Waals surface area (Å²) in [6, 6.07) is 6.86. The number of amides is 2. The Kier molecular flexibility index (Phi) is 6.14. The Bertz CT molecular complexity index is 692. The number of fused-ring (bicyclic) bond motifs is 1. The lowest BCUT2D eigenvalue weighted by Gasteiger charge is -2.21. The summed E-state index contributed by atoms with van der Waals surface area (Å²) in [4.78, 5) is 38.5. The minimum Gasteiger partial charge on any atom is -0.490 e. The van der Waals surface area contributed by atoms with Crippen LogP contribution in [0.2, 0.25) is 0 Å². The Morgan fingerprint density at radius 2 is 1.81 bits per heavy atom. The highest BCUT2D eigenvalue weighted by Gasteiger charge is 2.51. The van der Waals surface area contributed by atoms with Crippen LogP contribution in [0, 0.1) is 11.8 Å². The quantitative estimate of drug-likeness (QED) is 0.417. The first-order valence-electron chi connectivity index (χ1n) is 9.78. The summed E-state index contributed by atoms with van der Waals surface area (Å²) < 4.78 is 10.8. The fourth-order valence-electron chi connectivity index (χ4n) is 3.95. The number of carbonyl (C=O) groups is 3. The molecule has 2 fully saturated rings. The van der Waals surface area contributed by atoms with E-state index in [4.69, 9.17) is 9.47 Å². The summed E-state index contributed by atoms with van der Waals surface area (Å²) in [5.74, 6) is -0.788. The Morgan fingerprint density at radius 1 is 1.15 bits per heavy atom. The fourth-order valence-corrected chi connectivity index (χ4v) is 3.95. The van der Waals surface area contributed by atoms with Gasteiger partial charge in [0, 0.05) is 0 Å². The second-order valence-corrected chi connectivity index (χ2v) is 7.24. The number of benzene rings is 1. The zero-order valence-electron chi connectivity index (χ0n) is 16.0. The largest absolute Gasteiger partial charge is 0.490 e. The first kappa shape index (κ1) is 19.4. The van der Waals surface area contributed by atoms with E-state index in [2.05, 4.69) is 6.92 Å². The first-order valence-corrected chi connectivity index (χ1v) is 9.78. The first-order chi connectivity index (χ1) is 13.0. The van der Waals surface area contributed by atoms with Crippen molar-refractivity contribution in [1.29, 1.82) is 0 Å². The molecule has 1 aliphatic heterocycles. The number of likely N-dealkylation sites (tertiary alicyclic amines) is 1. The van der Waals surface area contributed by atoms with E-state index >= 15 is 0 Å². The van der Waals surface area contributed by atoms with Crippen molar-refractivity contribution < 1.29 is 23.9 Å². The second-order valence-electron chi connectivity index (χ2n) is 7.24. The molecule has 1 heterocycles. The minimum absolute atomic E-state index is 0.0720. The van der Waals surface area contributed by atoms with E-state index in [9.17, 15) is 14.4 Å². The van der Waals surface area contributed by atoms with Crippen LogP contribution in [-0.4, -0.2) is 41.9 Å². The van der Waals surface area contributed by atoms with Crippen molar-refractivity contribution in [3.05, 3.63) is 29.8 Å². The predicted octanol–water partition coefficient (Wildman–Crippen LogP) is 2.73. The normalized spacial score (nSPS) is 23.1. The van der Waals surface area contributed by atoms with Gasteiger partial charge < -0.3 is 9.47 Å². The highest BCUT2D eigenvalue weighted by atomic mass is 16.6. The van der Waals surface area contributed by atoms with Gasteiger partial charge in [0.1, 0.15) is 25.0 Å². The van der Waals surface area contributed by atoms with Gasteiger partial charge in [0.25, 0.3) is 0 Å². The molecule has 27 heavy (non-hydrogen) atoms. The number of aryl methyl sites for hydroxylation is 1. The summed E-state index contributed by atoms with van der Waals surface area (Å²) >= 11 is 0. The highest BCUT2D eigenvalue weighted by molar-refractivity contribution is 6.07. The molecule has 1 saturated carbocycles. The molecule has 6 nitrogen and oxygen atoms in total. The summed E-state index contributed by atoms with van der Waals surface area (Å²) in [5.41, 5.74) is 1.17. The van der Waals surface area contributed by atoms with Crippen molar-refractivity contribution in [2.24, 2.45) is 11.8 Å². The fraction of sp³-hybridized carbons (Fsp3) is 0.571. The maximum Gasteiger partial charge on any atom is 0.329 e. The summed E-state index contributed by atoms with van der Waals surface area (Å²) in [7, 11) is 0. The van der Waals surface area contributed by atoms with Crippen molar-refractivity contribution in [3.8, 4) is 5.75 Å². The number of nitrogens with zero attached hydrogens (tertiary/aromatic N) is 1. The maximum atomic E-state index is 12.5. The van der Waals surface area contributed by atoms with Crippen LogP contribution in [0.3, 0.4) is 0 Å². The summed E-state index contributed by atoms with van der Waals surface area (Å²) in [6.07, 6.45) is 4.31. The number of rotatable bonds is 7. The molecule has 2 aliphatic rings. The molecular formula is C21H27NO5. The number of hydrogen-bond donors (Lipinski definition) is 0. The van der Waals surface area contributed by atoms with E-state index in [1.165, 1.54) is 5.56 Å². The molecule has 0 N–H and O–H groups in total. The number of hydrogen-bond acceptors (Lipinski definition) is 5. The molecule has 1 aliphatic carbocycles. The number of carbonyl (C=O) groups excluding carboxylic acids is 3. The van der Waals surface area contributed by atoms with Gasteiger partial charge in [-0.25, -0.2) is 4.79 Å². The van der Waals surface area contributed by atoms with Gasteiger partial charge in [-0.2, -0.15) is 0 Å². The van der Waals surface area contributed by atoms with Gasteiger partial charge in [0.2, 0.25) is 11.8 Å². The average molecular weight is 373 g/mol. The lowest BCUT2D eigenvalue weighted by Crippen LogP contribution is -2.44. The number of esters is 1. The topological polar surface area (TPSA) is 72.9 Å². The summed E-state index contributed by atoms with van der Waals surface area (Å²) in [6.45, 7) is 3.92. The second kappa shape index (κ2) is 8.55. The van der Waals surface area contributed by atoms with Gasteiger partial charge in [-0.05, 0) is 43.9 Å². The van der Waals surface area contributed by atoms with Gasteiger partial charge in [-0.3, -0.25) is 14.5 Å². The van der Waals surface area contributed by atoms with Crippen LogP contribution in [-0.2, 0) is 25.5 Å². The van der Waals surface area contributed by atoms with Crippen molar-refractivity contribution in [1.82, 2.24) is 4.90 Å². The van der Waals surface area contributed by atoms with E-state index < -0.39 is 12.0 Å². The smallest absolute Gasteiger partial charge is 0.329 e. The molecule has 0 radical (unpaired) electrons. The molecule has 3 unspecified atom stereocenters. The summed E-state index contributed by atoms with van der Waals surface area (Å²) in [5, 5.41) is 0. The molecule has 1 saturated heterocycles. The Hall–Kier alpha value is -2.37. The Morgan fingerprint density at radius 3 is 2.44 bits per heavy atom. The highest BCUT2D eigenvalue weighted by Crippen LogP contribution is 2.38. The van der Waals surface area contributed by atoms with Crippen LogP contribution in [0.1, 0.15) is 45.1 Å². The zero-order valence-corrected chi connectivity index (χ0v) is 16.0. The van der Waals surface area contributed by atoms with Crippen molar-refractivity contribution in [2.45, 2.75) is 52.0 Å². The van der Waals surface area contributed by atoms with Crippen LogP contribution >= 0.6 is 0 Å². The molecule has 2 amide bonds. The van der Waals surface area contributed by atoms with E-state index in [1.807, 2.05) is 24.3 Å². The molecule has 0 aromatic heterocycles. The minimum atomic E-state index is -0.890. The number of ether oxygens (including phenoxy) is 2. The molecule has 0 bridgehead atoms. The molecule has 3 rings (SSSR count). The molecule has 6 heteroatoms. The third kappa shape index (κ3) is 4.15. The lowest BCUT2D eigenvalue weighted by molar-refractivity contribution is -0.158. The van der Waals surface area contributed by atoms with Crippen LogP contribution < -0.4 is 4.74 Å². The van der Waals surface area contributed by atoms with E-state index in [0.717, 1.165) is 42.8 Å². The van der Waals surface area contributed by atoms with Crippen LogP contribution in [0.4, 0.5) is 0 Å². The predicted molar refractivity (Wildman–Crippen MR) is 99.0 cm³/mol. The zero-order chi connectivity index (χ0) is 19.4. The third-order valence-electron chi connectivity index (χ3n) is 5.51. The average Bonchev–Trinajstić information content (AvgIpc) is 2.95. The van der Waals surface area contributed by atoms with E-state index in [0.29, 0.717) is 0 Å². The molecule has 0 spiro atoms. The number of imide groups is 1. The molecule has 146 valence electrons. The molecule has 1 aromatic carbocycles. The van der Waals surface area contributed by atoms with Crippen molar-refractivity contribution in [2.75, 3.05) is 13.2 Å². The molecular weight excluding hydrogens is 346 g/mol. The Labute approximate surface area is 159 Å². The van der Waals surface area contributed by atoms with E-state index in [-0.39, 0.29) is 36.9 Å². The van der Waals surface area contributed by atoms with Gasteiger partial charge in [-0.15, -0.1) is 0 Å². The maximum absolute atomic E-state index is 12.5. The molecule has 1 aromatic rings. The monoisotopic (exact) mass is 373 g/mol. The third-order valence-corrected chi connectivity index (χ3v) is 5.51. The van der Waals surface area contributed by atoms with Crippen LogP contribution in [0.15, 0.2) is 24.3 Å². The van der Waals surface area contributed by atoms with Crippen molar-refractivity contribution in [3.63, 3.8) is 0 Å². The standard InChI is InChI=1S/C21H27NO5/c1-3-15-7-6-8-16(13-15)26-11-12-27-21(25)14(2)22-19(23)17-9-4-5-10-18(17)20(22)24/h6-8,13-14,17-18H,3-5,9-12H2,1-2H3. The SMILES string of the molecule is CCc1cccc(OCCOC(=O)C(C)N2C(=O)C3CCCCC3C2=O)c1. The van der Waals surface area contributed by atoms with Crippen LogP contribution in [0.25, 0.3) is 0 Å². The van der Waals surface area contributed by atoms with Gasteiger partial charge in [0.05, 0.1) is 11.8 Å². The van der Waals surface area contributed by atoms with Gasteiger partial charge in [0.15, 0.2) is 0 Å². The van der Waals surface area contributed by atoms with Crippen molar-refractivity contribution >= 4 is 17.8 Å². The Balaban J connectivity index is 1.49.